The molecular formula is C14H13NO2. The number of pyridine rings is 1. The number of nitrogens with zero attached hydrogens (tertiary/aromatic N) is 1. The minimum atomic E-state index is -0.906. The highest BCUT2D eigenvalue weighted by molar-refractivity contribution is 5.88. The molecule has 0 saturated heterocycles. The fourth-order valence-corrected chi connectivity index (χ4v) is 1.61. The van der Waals surface area contributed by atoms with Crippen molar-refractivity contribution in [2.75, 3.05) is 0 Å². The molecule has 1 aromatic carbocycles. The Labute approximate surface area is 99.8 Å². The van der Waals surface area contributed by atoms with Crippen LogP contribution in [0.15, 0.2) is 42.6 Å². The van der Waals surface area contributed by atoms with Gasteiger partial charge in [0.1, 0.15) is 0 Å². The number of benzene rings is 1. The van der Waals surface area contributed by atoms with Crippen LogP contribution >= 0.6 is 0 Å². The van der Waals surface area contributed by atoms with Crippen molar-refractivity contribution in [3.63, 3.8) is 0 Å². The van der Waals surface area contributed by atoms with Crippen LogP contribution < -0.4 is 0 Å². The number of aromatic carboxylic acids is 1. The summed E-state index contributed by atoms with van der Waals surface area (Å²) in [5.74, 6) is -0.906. The Kier molecular flexibility index (Phi) is 3.19. The number of hydrogen-bond acceptors (Lipinski definition) is 2. The second-order valence-corrected chi connectivity index (χ2v) is 3.77. The molecule has 2 rings (SSSR count). The van der Waals surface area contributed by atoms with Crippen LogP contribution in [0.25, 0.3) is 11.1 Å². The van der Waals surface area contributed by atoms with E-state index in [1.54, 1.807) is 24.3 Å². The Balaban J connectivity index is 2.29. The van der Waals surface area contributed by atoms with Gasteiger partial charge >= 0.3 is 5.97 Å². The summed E-state index contributed by atoms with van der Waals surface area (Å²) in [6.45, 7) is 2.06. The summed E-state index contributed by atoms with van der Waals surface area (Å²) >= 11 is 0. The molecule has 0 aliphatic carbocycles. The predicted molar refractivity (Wildman–Crippen MR) is 66.0 cm³/mol. The van der Waals surface area contributed by atoms with E-state index in [0.29, 0.717) is 5.56 Å². The molecule has 1 N–H and O–H groups in total. The predicted octanol–water partition coefficient (Wildman–Crippen LogP) is 3.01. The van der Waals surface area contributed by atoms with Crippen molar-refractivity contribution in [2.24, 2.45) is 0 Å². The Morgan fingerprint density at radius 1 is 1.12 bits per heavy atom. The van der Waals surface area contributed by atoms with Crippen molar-refractivity contribution in [1.29, 1.82) is 0 Å². The number of carbonyl (C=O) groups is 1. The topological polar surface area (TPSA) is 50.2 Å². The lowest BCUT2D eigenvalue weighted by molar-refractivity contribution is 0.0697. The largest absolute Gasteiger partial charge is 0.478 e. The second kappa shape index (κ2) is 4.78. The van der Waals surface area contributed by atoms with Gasteiger partial charge in [-0.15, -0.1) is 0 Å². The maximum atomic E-state index is 10.7. The lowest BCUT2D eigenvalue weighted by Gasteiger charge is -2.03. The minimum absolute atomic E-state index is 0.298. The van der Waals surface area contributed by atoms with Crippen molar-refractivity contribution in [3.8, 4) is 11.1 Å². The normalized spacial score (nSPS) is 10.2. The number of aryl methyl sites for hydroxylation is 1. The molecule has 17 heavy (non-hydrogen) atoms. The first-order valence-electron chi connectivity index (χ1n) is 5.49. The molecule has 0 aliphatic rings. The molecule has 1 aromatic heterocycles. The van der Waals surface area contributed by atoms with Crippen LogP contribution in [0.4, 0.5) is 0 Å². The fraction of sp³-hybridized carbons (Fsp3) is 0.143. The second-order valence-electron chi connectivity index (χ2n) is 3.77. The number of carboxylic acids is 1. The third-order valence-electron chi connectivity index (χ3n) is 2.65. The van der Waals surface area contributed by atoms with Gasteiger partial charge in [-0.05, 0) is 30.2 Å². The molecule has 0 saturated carbocycles. The molecule has 0 radical (unpaired) electrons. The molecule has 0 fully saturated rings. The van der Waals surface area contributed by atoms with Gasteiger partial charge in [-0.25, -0.2) is 4.79 Å². The van der Waals surface area contributed by atoms with Crippen LogP contribution in [-0.2, 0) is 6.42 Å². The Bertz CT molecular complexity index is 515. The summed E-state index contributed by atoms with van der Waals surface area (Å²) in [7, 11) is 0. The minimum Gasteiger partial charge on any atom is -0.478 e. The van der Waals surface area contributed by atoms with Gasteiger partial charge in [0.15, 0.2) is 0 Å². The number of carboxylic acid groups (broad SMARTS) is 1. The monoisotopic (exact) mass is 227 g/mol. The van der Waals surface area contributed by atoms with Crippen LogP contribution in [0.5, 0.6) is 0 Å². The smallest absolute Gasteiger partial charge is 0.335 e. The van der Waals surface area contributed by atoms with E-state index >= 15 is 0 Å². The van der Waals surface area contributed by atoms with E-state index in [4.69, 9.17) is 5.11 Å². The van der Waals surface area contributed by atoms with Crippen molar-refractivity contribution in [3.05, 3.63) is 53.9 Å². The van der Waals surface area contributed by atoms with E-state index in [-0.39, 0.29) is 0 Å². The van der Waals surface area contributed by atoms with E-state index < -0.39 is 5.97 Å². The van der Waals surface area contributed by atoms with Crippen molar-refractivity contribution in [1.82, 2.24) is 4.98 Å². The molecule has 3 nitrogen and oxygen atoms in total. The maximum absolute atomic E-state index is 10.7. The number of rotatable bonds is 3. The zero-order valence-electron chi connectivity index (χ0n) is 9.55. The molecule has 0 atom stereocenters. The van der Waals surface area contributed by atoms with Crippen molar-refractivity contribution < 1.29 is 9.90 Å². The molecule has 3 heteroatoms. The molecule has 0 aliphatic heterocycles. The average Bonchev–Trinajstić information content (AvgIpc) is 2.39. The van der Waals surface area contributed by atoms with E-state index in [9.17, 15) is 4.79 Å². The average molecular weight is 227 g/mol. The SMILES string of the molecule is CCc1ccc(-c2ccc(C(=O)O)cc2)cn1. The fourth-order valence-electron chi connectivity index (χ4n) is 1.61. The van der Waals surface area contributed by atoms with Gasteiger partial charge in [0, 0.05) is 17.5 Å². The van der Waals surface area contributed by atoms with Gasteiger partial charge in [-0.3, -0.25) is 4.98 Å². The highest BCUT2D eigenvalue weighted by Crippen LogP contribution is 2.19. The summed E-state index contributed by atoms with van der Waals surface area (Å²) in [5, 5.41) is 8.80. The number of aromatic nitrogens is 1. The molecule has 0 unspecified atom stereocenters. The number of hydrogen-bond donors (Lipinski definition) is 1. The molecule has 0 bridgehead atoms. The van der Waals surface area contributed by atoms with Crippen molar-refractivity contribution in [2.45, 2.75) is 13.3 Å². The summed E-state index contributed by atoms with van der Waals surface area (Å²) < 4.78 is 0. The van der Waals surface area contributed by atoms with Gasteiger partial charge in [0.05, 0.1) is 5.56 Å². The summed E-state index contributed by atoms with van der Waals surface area (Å²) in [5.41, 5.74) is 3.33. The molecule has 1 heterocycles. The molecule has 0 spiro atoms. The Morgan fingerprint density at radius 3 is 2.24 bits per heavy atom. The lowest BCUT2D eigenvalue weighted by atomic mass is 10.1. The van der Waals surface area contributed by atoms with E-state index in [2.05, 4.69) is 11.9 Å². The van der Waals surface area contributed by atoms with Crippen LogP contribution in [-0.4, -0.2) is 16.1 Å². The summed E-state index contributed by atoms with van der Waals surface area (Å²) in [4.78, 5) is 15.0. The van der Waals surface area contributed by atoms with E-state index in [1.807, 2.05) is 18.3 Å². The van der Waals surface area contributed by atoms with Crippen LogP contribution in [0.1, 0.15) is 23.0 Å². The van der Waals surface area contributed by atoms with Gasteiger partial charge in [0.25, 0.3) is 0 Å². The first-order chi connectivity index (χ1) is 8.20. The molecule has 86 valence electrons. The van der Waals surface area contributed by atoms with Crippen LogP contribution in [0, 0.1) is 0 Å². The standard InChI is InChI=1S/C14H13NO2/c1-2-13-8-7-12(9-15-13)10-3-5-11(6-4-10)14(16)17/h3-9H,2H2,1H3,(H,16,17). The highest BCUT2D eigenvalue weighted by Gasteiger charge is 2.03. The zero-order chi connectivity index (χ0) is 12.3. The Morgan fingerprint density at radius 2 is 1.76 bits per heavy atom. The third kappa shape index (κ3) is 2.50. The zero-order valence-corrected chi connectivity index (χ0v) is 9.55. The first kappa shape index (κ1) is 11.3. The van der Waals surface area contributed by atoms with Crippen LogP contribution in [0.3, 0.4) is 0 Å². The quantitative estimate of drug-likeness (QED) is 0.876. The van der Waals surface area contributed by atoms with E-state index in [1.165, 1.54) is 0 Å². The van der Waals surface area contributed by atoms with Crippen LogP contribution in [0.2, 0.25) is 0 Å². The highest BCUT2D eigenvalue weighted by atomic mass is 16.4. The van der Waals surface area contributed by atoms with E-state index in [0.717, 1.165) is 23.2 Å². The first-order valence-corrected chi connectivity index (χ1v) is 5.49. The summed E-state index contributed by atoms with van der Waals surface area (Å²) in [6, 6.07) is 10.8. The Hall–Kier alpha value is -2.16. The maximum Gasteiger partial charge on any atom is 0.335 e. The summed E-state index contributed by atoms with van der Waals surface area (Å²) in [6.07, 6.45) is 2.73. The van der Waals surface area contributed by atoms with Gasteiger partial charge in [-0.2, -0.15) is 0 Å². The molecular weight excluding hydrogens is 214 g/mol. The molecule has 0 amide bonds. The van der Waals surface area contributed by atoms with Gasteiger partial charge in [0.2, 0.25) is 0 Å². The lowest BCUT2D eigenvalue weighted by Crippen LogP contribution is -1.95. The van der Waals surface area contributed by atoms with Gasteiger partial charge in [-0.1, -0.05) is 25.1 Å². The third-order valence-corrected chi connectivity index (χ3v) is 2.65. The molecule has 2 aromatic rings. The van der Waals surface area contributed by atoms with Gasteiger partial charge < -0.3 is 5.11 Å². The van der Waals surface area contributed by atoms with Crippen molar-refractivity contribution >= 4 is 5.97 Å².